The van der Waals surface area contributed by atoms with Crippen molar-refractivity contribution < 1.29 is 0 Å². The van der Waals surface area contributed by atoms with E-state index in [9.17, 15) is 0 Å². The van der Waals surface area contributed by atoms with Gasteiger partial charge in [0.05, 0.1) is 0 Å². The number of hydrogen-bond donors (Lipinski definition) is 1. The van der Waals surface area contributed by atoms with E-state index >= 15 is 0 Å². The number of rotatable bonds is 1. The first-order valence-corrected chi connectivity index (χ1v) is 2.79. The number of hydrogen-bond acceptors (Lipinski definition) is 2. The molecule has 0 aromatic heterocycles. The first-order chi connectivity index (χ1) is 2.64. The van der Waals surface area contributed by atoms with E-state index in [0.29, 0.717) is 6.04 Å². The van der Waals surface area contributed by atoms with E-state index in [0.717, 1.165) is 0 Å². The zero-order valence-electron chi connectivity index (χ0n) is 4.05. The Bertz CT molecular complexity index is 31.8. The highest BCUT2D eigenvalue weighted by Gasteiger charge is 1.92. The van der Waals surface area contributed by atoms with Crippen LogP contribution >= 0.6 is 22.2 Å². The largest absolute Gasteiger partial charge is 0.235 e. The minimum Gasteiger partial charge on any atom is -0.235 e. The van der Waals surface area contributed by atoms with Crippen molar-refractivity contribution >= 4 is 22.2 Å². The van der Waals surface area contributed by atoms with Crippen LogP contribution in [0.2, 0.25) is 0 Å². The van der Waals surface area contributed by atoms with Crippen molar-refractivity contribution in [3.63, 3.8) is 0 Å². The van der Waals surface area contributed by atoms with Gasteiger partial charge in [-0.15, -0.1) is 0 Å². The summed E-state index contributed by atoms with van der Waals surface area (Å²) in [5.74, 6) is 0. The van der Waals surface area contributed by atoms with E-state index in [2.05, 4.69) is 36.1 Å². The van der Waals surface area contributed by atoms with Crippen molar-refractivity contribution in [3.05, 3.63) is 0 Å². The van der Waals surface area contributed by atoms with Crippen molar-refractivity contribution in [3.8, 4) is 0 Å². The fraction of sp³-hybridized carbons (Fsp3) is 1.00. The molecule has 0 spiro atoms. The maximum Gasteiger partial charge on any atom is 0.0178 e. The van der Waals surface area contributed by atoms with Gasteiger partial charge in [0.2, 0.25) is 0 Å². The standard InChI is InChI=1S/C3H10NPS/c1-3(2)4(5)6/h3,6H,5H2,1-2H3. The normalized spacial score (nSPS) is 11.0. The summed E-state index contributed by atoms with van der Waals surface area (Å²) in [6.07, 6.45) is 0. The van der Waals surface area contributed by atoms with Gasteiger partial charge in [0.1, 0.15) is 0 Å². The molecule has 0 amide bonds. The number of thiol groups is 1. The Kier molecular flexibility index (Phi) is 3.19. The Labute approximate surface area is 46.9 Å². The summed E-state index contributed by atoms with van der Waals surface area (Å²) in [6, 6.07) is 0.512. The van der Waals surface area contributed by atoms with Crippen molar-refractivity contribution in [1.82, 2.24) is 4.08 Å². The van der Waals surface area contributed by atoms with Gasteiger partial charge in [-0.1, -0.05) is 22.2 Å². The summed E-state index contributed by atoms with van der Waals surface area (Å²) in [4.78, 5) is 0. The molecule has 1 atom stereocenters. The third-order valence-electron chi connectivity index (χ3n) is 0.529. The molecule has 0 N–H and O–H groups in total. The molecule has 1 nitrogen and oxygen atoms in total. The average molecular weight is 123 g/mol. The minimum atomic E-state index is 0.512. The molecule has 38 valence electrons. The first kappa shape index (κ1) is 6.74. The SMILES string of the molecule is CC(C)N(P)S. The lowest BCUT2D eigenvalue weighted by molar-refractivity contribution is 0.606. The molecular formula is C3H10NPS. The molecular weight excluding hydrogens is 113 g/mol. The molecule has 0 saturated carbocycles. The summed E-state index contributed by atoms with van der Waals surface area (Å²) in [6.45, 7) is 4.14. The van der Waals surface area contributed by atoms with Crippen LogP contribution in [-0.4, -0.2) is 10.1 Å². The molecule has 0 bridgehead atoms. The minimum absolute atomic E-state index is 0.512. The summed E-state index contributed by atoms with van der Waals surface area (Å²) in [5.41, 5.74) is 0. The molecule has 0 aliphatic carbocycles. The van der Waals surface area contributed by atoms with Crippen LogP contribution in [0.1, 0.15) is 13.8 Å². The molecule has 6 heavy (non-hydrogen) atoms. The highest BCUT2D eigenvalue weighted by Crippen LogP contribution is 2.06. The Morgan fingerprint density at radius 2 is 1.83 bits per heavy atom. The Balaban J connectivity index is 2.99. The molecule has 0 fully saturated rings. The van der Waals surface area contributed by atoms with E-state index in [-0.39, 0.29) is 0 Å². The third-order valence-corrected chi connectivity index (χ3v) is 1.59. The van der Waals surface area contributed by atoms with Gasteiger partial charge in [-0.05, 0) is 13.8 Å². The second kappa shape index (κ2) is 2.84. The Morgan fingerprint density at radius 1 is 1.67 bits per heavy atom. The van der Waals surface area contributed by atoms with E-state index in [4.69, 9.17) is 0 Å². The Hall–Kier alpha value is 0.740. The topological polar surface area (TPSA) is 3.24 Å². The summed E-state index contributed by atoms with van der Waals surface area (Å²) >= 11 is 3.99. The maximum absolute atomic E-state index is 3.99. The van der Waals surface area contributed by atoms with Crippen molar-refractivity contribution in [2.45, 2.75) is 19.9 Å². The van der Waals surface area contributed by atoms with Crippen molar-refractivity contribution in [2.75, 3.05) is 0 Å². The van der Waals surface area contributed by atoms with Crippen molar-refractivity contribution in [1.29, 1.82) is 0 Å². The van der Waals surface area contributed by atoms with Gasteiger partial charge >= 0.3 is 0 Å². The van der Waals surface area contributed by atoms with E-state index in [1.807, 2.05) is 0 Å². The van der Waals surface area contributed by atoms with Crippen LogP contribution in [0.25, 0.3) is 0 Å². The molecule has 3 heteroatoms. The Morgan fingerprint density at radius 3 is 1.83 bits per heavy atom. The monoisotopic (exact) mass is 123 g/mol. The molecule has 0 aliphatic rings. The molecule has 0 aliphatic heterocycles. The third kappa shape index (κ3) is 2.95. The van der Waals surface area contributed by atoms with E-state index in [1.54, 1.807) is 4.08 Å². The molecule has 0 heterocycles. The van der Waals surface area contributed by atoms with Crippen LogP contribution in [0.5, 0.6) is 0 Å². The van der Waals surface area contributed by atoms with Gasteiger partial charge in [0.15, 0.2) is 0 Å². The second-order valence-corrected chi connectivity index (χ2v) is 2.93. The van der Waals surface area contributed by atoms with Gasteiger partial charge in [0, 0.05) is 6.04 Å². The molecule has 0 saturated heterocycles. The zero-order chi connectivity index (χ0) is 5.15. The molecule has 0 rings (SSSR count). The van der Waals surface area contributed by atoms with E-state index in [1.165, 1.54) is 0 Å². The molecule has 0 radical (unpaired) electrons. The first-order valence-electron chi connectivity index (χ1n) is 1.87. The quantitative estimate of drug-likeness (QED) is 0.406. The summed E-state index contributed by atoms with van der Waals surface area (Å²) in [5, 5.41) is 0. The van der Waals surface area contributed by atoms with Gasteiger partial charge in [-0.3, -0.25) is 0 Å². The smallest absolute Gasteiger partial charge is 0.0178 e. The molecule has 1 unspecified atom stereocenters. The number of nitrogens with zero attached hydrogens (tertiary/aromatic N) is 1. The predicted octanol–water partition coefficient (Wildman–Crippen LogP) is 1.33. The van der Waals surface area contributed by atoms with Gasteiger partial charge in [0.25, 0.3) is 0 Å². The summed E-state index contributed by atoms with van der Waals surface area (Å²) in [7, 11) is 2.47. The van der Waals surface area contributed by atoms with Gasteiger partial charge in [-0.2, -0.15) is 0 Å². The fourth-order valence-electron chi connectivity index (χ4n) is 0. The van der Waals surface area contributed by atoms with Gasteiger partial charge < -0.3 is 0 Å². The van der Waals surface area contributed by atoms with Gasteiger partial charge in [-0.25, -0.2) is 4.08 Å². The highest BCUT2D eigenvalue weighted by molar-refractivity contribution is 7.81. The molecule has 0 aromatic rings. The molecule has 0 aromatic carbocycles. The van der Waals surface area contributed by atoms with Crippen LogP contribution in [-0.2, 0) is 0 Å². The predicted molar refractivity (Wildman–Crippen MR) is 35.7 cm³/mol. The van der Waals surface area contributed by atoms with Crippen LogP contribution in [0.15, 0.2) is 0 Å². The average Bonchev–Trinajstić information content (AvgIpc) is 1.36. The lowest BCUT2D eigenvalue weighted by Crippen LogP contribution is -2.07. The lowest BCUT2D eigenvalue weighted by Gasteiger charge is -2.10. The zero-order valence-corrected chi connectivity index (χ0v) is 6.10. The van der Waals surface area contributed by atoms with Crippen molar-refractivity contribution in [2.24, 2.45) is 0 Å². The maximum atomic E-state index is 3.99. The van der Waals surface area contributed by atoms with Crippen LogP contribution in [0, 0.1) is 0 Å². The fourth-order valence-corrected chi connectivity index (χ4v) is 0. The summed E-state index contributed by atoms with van der Waals surface area (Å²) < 4.78 is 1.78. The van der Waals surface area contributed by atoms with Crippen LogP contribution < -0.4 is 0 Å². The lowest BCUT2D eigenvalue weighted by atomic mass is 10.4. The highest BCUT2D eigenvalue weighted by atomic mass is 32.1. The van der Waals surface area contributed by atoms with E-state index < -0.39 is 0 Å². The van der Waals surface area contributed by atoms with Crippen LogP contribution in [0.4, 0.5) is 0 Å². The second-order valence-electron chi connectivity index (χ2n) is 1.47. The van der Waals surface area contributed by atoms with Crippen LogP contribution in [0.3, 0.4) is 0 Å².